The van der Waals surface area contributed by atoms with E-state index in [0.717, 1.165) is 34.0 Å². The molecule has 146 valence electrons. The summed E-state index contributed by atoms with van der Waals surface area (Å²) in [6, 6.07) is 21.4. The summed E-state index contributed by atoms with van der Waals surface area (Å²) in [5.41, 5.74) is 4.86. The Bertz CT molecular complexity index is 1070. The molecule has 29 heavy (non-hydrogen) atoms. The lowest BCUT2D eigenvalue weighted by Crippen LogP contribution is -2.23. The third kappa shape index (κ3) is 4.56. The predicted molar refractivity (Wildman–Crippen MR) is 114 cm³/mol. The molecule has 0 saturated heterocycles. The summed E-state index contributed by atoms with van der Waals surface area (Å²) >= 11 is 0. The number of carbonyl (C=O) groups is 1. The number of methoxy groups -OCH3 is 1. The van der Waals surface area contributed by atoms with Crippen molar-refractivity contribution in [3.05, 3.63) is 88.8 Å². The van der Waals surface area contributed by atoms with Crippen molar-refractivity contribution >= 4 is 12.0 Å². The van der Waals surface area contributed by atoms with Gasteiger partial charge in [-0.05, 0) is 61.4 Å². The molecule has 1 aromatic heterocycles. The van der Waals surface area contributed by atoms with Crippen LogP contribution in [-0.4, -0.2) is 17.6 Å². The van der Waals surface area contributed by atoms with Crippen LogP contribution in [0.15, 0.2) is 66.2 Å². The van der Waals surface area contributed by atoms with E-state index < -0.39 is 0 Å². The number of ether oxygens (including phenoxy) is 1. The molecule has 0 aliphatic rings. The van der Waals surface area contributed by atoms with Gasteiger partial charge in [0.2, 0.25) is 0 Å². The maximum absolute atomic E-state index is 12.5. The van der Waals surface area contributed by atoms with Gasteiger partial charge >= 0.3 is 0 Å². The summed E-state index contributed by atoms with van der Waals surface area (Å²) in [6.07, 6.45) is 1.64. The van der Waals surface area contributed by atoms with Crippen LogP contribution >= 0.6 is 0 Å². The van der Waals surface area contributed by atoms with Crippen molar-refractivity contribution in [3.63, 3.8) is 0 Å². The molecule has 0 bridgehead atoms. The average Bonchev–Trinajstić information content (AvgIpc) is 3.03. The Morgan fingerprint density at radius 3 is 2.45 bits per heavy atom. The number of rotatable bonds is 6. The molecule has 3 rings (SSSR count). The second-order valence-corrected chi connectivity index (χ2v) is 6.70. The van der Waals surface area contributed by atoms with Crippen LogP contribution < -0.4 is 10.1 Å². The third-order valence-electron chi connectivity index (χ3n) is 4.76. The van der Waals surface area contributed by atoms with E-state index in [4.69, 9.17) is 4.74 Å². The molecule has 5 nitrogen and oxygen atoms in total. The van der Waals surface area contributed by atoms with Crippen LogP contribution in [0.25, 0.3) is 11.8 Å². The van der Waals surface area contributed by atoms with Gasteiger partial charge < -0.3 is 14.6 Å². The van der Waals surface area contributed by atoms with Gasteiger partial charge in [-0.2, -0.15) is 5.26 Å². The predicted octanol–water partition coefficient (Wildman–Crippen LogP) is 4.33. The van der Waals surface area contributed by atoms with Gasteiger partial charge in [0.05, 0.1) is 7.11 Å². The highest BCUT2D eigenvalue weighted by atomic mass is 16.5. The number of nitrogens with zero attached hydrogens (tertiary/aromatic N) is 2. The second-order valence-electron chi connectivity index (χ2n) is 6.70. The molecule has 5 heteroatoms. The van der Waals surface area contributed by atoms with Crippen LogP contribution in [0, 0.1) is 25.2 Å². The minimum atomic E-state index is -0.384. The normalized spacial score (nSPS) is 11.0. The van der Waals surface area contributed by atoms with Gasteiger partial charge in [-0.15, -0.1) is 0 Å². The van der Waals surface area contributed by atoms with Gasteiger partial charge in [-0.3, -0.25) is 4.79 Å². The largest absolute Gasteiger partial charge is 0.497 e. The second kappa shape index (κ2) is 8.94. The molecule has 0 atom stereocenters. The van der Waals surface area contributed by atoms with Crippen LogP contribution in [0.5, 0.6) is 5.75 Å². The number of aromatic nitrogens is 1. The van der Waals surface area contributed by atoms with Crippen LogP contribution in [-0.2, 0) is 11.3 Å². The molecule has 1 heterocycles. The average molecular weight is 385 g/mol. The van der Waals surface area contributed by atoms with Gasteiger partial charge in [0.15, 0.2) is 0 Å². The van der Waals surface area contributed by atoms with Gasteiger partial charge in [-0.25, -0.2) is 0 Å². The first kappa shape index (κ1) is 20.0. The van der Waals surface area contributed by atoms with E-state index in [1.807, 2.05) is 80.6 Å². The molecule has 0 aliphatic heterocycles. The molecule has 0 fully saturated rings. The monoisotopic (exact) mass is 385 g/mol. The van der Waals surface area contributed by atoms with E-state index in [9.17, 15) is 10.1 Å². The molecular formula is C24H23N3O2. The fourth-order valence-electron chi connectivity index (χ4n) is 3.24. The third-order valence-corrected chi connectivity index (χ3v) is 4.76. The number of benzene rings is 2. The Labute approximate surface area is 170 Å². The molecule has 0 radical (unpaired) electrons. The van der Waals surface area contributed by atoms with Crippen molar-refractivity contribution in [2.45, 2.75) is 20.4 Å². The van der Waals surface area contributed by atoms with Gasteiger partial charge in [0.1, 0.15) is 17.4 Å². The number of carbonyl (C=O) groups excluding carboxylic acids is 1. The Balaban J connectivity index is 1.84. The highest BCUT2D eigenvalue weighted by molar-refractivity contribution is 6.01. The Hall–Kier alpha value is -3.78. The fraction of sp³-hybridized carbons (Fsp3) is 0.167. The number of nitriles is 1. The SMILES string of the molecule is COc1ccc(-n2c(C)cc(/C=C(/C#N)C(=O)NCc3ccccc3)c2C)cc1. The maximum atomic E-state index is 12.5. The van der Waals surface area contributed by atoms with Gasteiger partial charge in [0.25, 0.3) is 5.91 Å². The minimum absolute atomic E-state index is 0.0795. The van der Waals surface area contributed by atoms with E-state index in [1.165, 1.54) is 0 Å². The van der Waals surface area contributed by atoms with Crippen LogP contribution in [0.2, 0.25) is 0 Å². The maximum Gasteiger partial charge on any atom is 0.262 e. The number of hydrogen-bond acceptors (Lipinski definition) is 3. The quantitative estimate of drug-likeness (QED) is 0.507. The van der Waals surface area contributed by atoms with Crippen LogP contribution in [0.3, 0.4) is 0 Å². The molecule has 2 aromatic carbocycles. The lowest BCUT2D eigenvalue weighted by molar-refractivity contribution is -0.117. The van der Waals surface area contributed by atoms with Crippen molar-refractivity contribution < 1.29 is 9.53 Å². The number of amides is 1. The number of nitrogens with one attached hydrogen (secondary N) is 1. The fourth-order valence-corrected chi connectivity index (χ4v) is 3.24. The molecule has 1 amide bonds. The van der Waals surface area contributed by atoms with E-state index >= 15 is 0 Å². The molecule has 0 unspecified atom stereocenters. The van der Waals surface area contributed by atoms with Crippen LogP contribution in [0.4, 0.5) is 0 Å². The summed E-state index contributed by atoms with van der Waals surface area (Å²) < 4.78 is 7.31. The standard InChI is InChI=1S/C24H23N3O2/c1-17-13-20(18(2)27(17)22-9-11-23(29-3)12-10-22)14-21(15-25)24(28)26-16-19-7-5-4-6-8-19/h4-14H,16H2,1-3H3,(H,26,28)/b21-14-. The minimum Gasteiger partial charge on any atom is -0.497 e. The molecule has 0 spiro atoms. The first-order chi connectivity index (χ1) is 14.0. The molecule has 1 N–H and O–H groups in total. The Kier molecular flexibility index (Phi) is 6.16. The lowest BCUT2D eigenvalue weighted by Gasteiger charge is -2.10. The molecule has 0 aliphatic carbocycles. The number of hydrogen-bond donors (Lipinski definition) is 1. The van der Waals surface area contributed by atoms with Crippen molar-refractivity contribution in [2.24, 2.45) is 0 Å². The van der Waals surface area contributed by atoms with E-state index in [1.54, 1.807) is 13.2 Å². The summed E-state index contributed by atoms with van der Waals surface area (Å²) in [5, 5.41) is 12.3. The highest BCUT2D eigenvalue weighted by Gasteiger charge is 2.13. The van der Waals surface area contributed by atoms with Crippen molar-refractivity contribution in [3.8, 4) is 17.5 Å². The van der Waals surface area contributed by atoms with Gasteiger partial charge in [-0.1, -0.05) is 30.3 Å². The first-order valence-corrected chi connectivity index (χ1v) is 9.30. The Morgan fingerprint density at radius 1 is 1.14 bits per heavy atom. The van der Waals surface area contributed by atoms with E-state index in [2.05, 4.69) is 9.88 Å². The summed E-state index contributed by atoms with van der Waals surface area (Å²) in [5.74, 6) is 0.406. The topological polar surface area (TPSA) is 67.0 Å². The van der Waals surface area contributed by atoms with Gasteiger partial charge in [0, 0.05) is 23.6 Å². The van der Waals surface area contributed by atoms with Crippen molar-refractivity contribution in [1.29, 1.82) is 5.26 Å². The zero-order chi connectivity index (χ0) is 20.8. The zero-order valence-corrected chi connectivity index (χ0v) is 16.8. The van der Waals surface area contributed by atoms with E-state index in [-0.39, 0.29) is 11.5 Å². The molecular weight excluding hydrogens is 362 g/mol. The van der Waals surface area contributed by atoms with E-state index in [0.29, 0.717) is 6.54 Å². The zero-order valence-electron chi connectivity index (χ0n) is 16.8. The Morgan fingerprint density at radius 2 is 1.83 bits per heavy atom. The molecule has 0 saturated carbocycles. The van der Waals surface area contributed by atoms with Crippen molar-refractivity contribution in [1.82, 2.24) is 9.88 Å². The molecule has 3 aromatic rings. The van der Waals surface area contributed by atoms with Crippen LogP contribution in [0.1, 0.15) is 22.5 Å². The van der Waals surface area contributed by atoms with Crippen molar-refractivity contribution in [2.75, 3.05) is 7.11 Å². The summed E-state index contributed by atoms with van der Waals surface area (Å²) in [7, 11) is 1.64. The highest BCUT2D eigenvalue weighted by Crippen LogP contribution is 2.24. The number of aryl methyl sites for hydroxylation is 1. The lowest BCUT2D eigenvalue weighted by atomic mass is 10.1. The summed E-state index contributed by atoms with van der Waals surface area (Å²) in [6.45, 7) is 4.35. The summed E-state index contributed by atoms with van der Waals surface area (Å²) in [4.78, 5) is 12.5. The smallest absolute Gasteiger partial charge is 0.262 e. The first-order valence-electron chi connectivity index (χ1n) is 9.30.